The lowest BCUT2D eigenvalue weighted by atomic mass is 9.89. The molecule has 2 heterocycles. The van der Waals surface area contributed by atoms with Crippen LogP contribution in [0.5, 0.6) is 0 Å². The predicted molar refractivity (Wildman–Crippen MR) is 110 cm³/mol. The van der Waals surface area contributed by atoms with Crippen molar-refractivity contribution < 1.29 is 4.79 Å². The van der Waals surface area contributed by atoms with Crippen LogP contribution in [0.2, 0.25) is 0 Å². The molecule has 26 heavy (non-hydrogen) atoms. The molecule has 0 saturated carbocycles. The van der Waals surface area contributed by atoms with Gasteiger partial charge in [0.2, 0.25) is 0 Å². The molecule has 6 heteroatoms. The highest BCUT2D eigenvalue weighted by Gasteiger charge is 2.30. The Labute approximate surface area is 162 Å². The minimum atomic E-state index is 0.0391. The summed E-state index contributed by atoms with van der Waals surface area (Å²) in [5.41, 5.74) is 0.915. The van der Waals surface area contributed by atoms with Crippen LogP contribution in [0.4, 0.5) is 10.5 Å². The quantitative estimate of drug-likeness (QED) is 0.819. The molecule has 5 nitrogen and oxygen atoms in total. The van der Waals surface area contributed by atoms with Crippen LogP contribution in [-0.4, -0.2) is 79.3 Å². The number of urea groups is 1. The monoisotopic (exact) mass is 376 g/mol. The van der Waals surface area contributed by atoms with Crippen molar-refractivity contribution in [3.8, 4) is 0 Å². The second-order valence-corrected chi connectivity index (χ2v) is 8.38. The summed E-state index contributed by atoms with van der Waals surface area (Å²) in [5, 5.41) is 3.09. The van der Waals surface area contributed by atoms with Crippen molar-refractivity contribution in [1.82, 2.24) is 14.7 Å². The van der Waals surface area contributed by atoms with Crippen molar-refractivity contribution in [1.29, 1.82) is 0 Å². The van der Waals surface area contributed by atoms with Gasteiger partial charge in [-0.25, -0.2) is 4.79 Å². The average molecular weight is 377 g/mol. The zero-order valence-corrected chi connectivity index (χ0v) is 17.1. The number of hydrogen-bond acceptors (Lipinski definition) is 4. The first-order chi connectivity index (χ1) is 12.6. The number of rotatable bonds is 4. The lowest BCUT2D eigenvalue weighted by molar-refractivity contribution is 0.0676. The number of para-hydroxylation sites is 1. The number of anilines is 1. The maximum atomic E-state index is 12.6. The van der Waals surface area contributed by atoms with E-state index < -0.39 is 0 Å². The van der Waals surface area contributed by atoms with Gasteiger partial charge in [-0.1, -0.05) is 12.1 Å². The summed E-state index contributed by atoms with van der Waals surface area (Å²) in [4.78, 5) is 20.8. The van der Waals surface area contributed by atoms with Gasteiger partial charge in [0.1, 0.15) is 0 Å². The van der Waals surface area contributed by atoms with E-state index in [0.717, 1.165) is 36.5 Å². The number of piperazine rings is 1. The number of thioether (sulfide) groups is 1. The van der Waals surface area contributed by atoms with Gasteiger partial charge in [0.25, 0.3) is 0 Å². The number of amides is 2. The van der Waals surface area contributed by atoms with Crippen LogP contribution in [0, 0.1) is 5.92 Å². The van der Waals surface area contributed by atoms with Gasteiger partial charge >= 0.3 is 6.03 Å². The lowest BCUT2D eigenvalue weighted by Gasteiger charge is -2.42. The largest absolute Gasteiger partial charge is 0.325 e. The van der Waals surface area contributed by atoms with Gasteiger partial charge < -0.3 is 15.1 Å². The summed E-state index contributed by atoms with van der Waals surface area (Å²) < 4.78 is 0. The Kier molecular flexibility index (Phi) is 6.84. The molecular formula is C20H32N4OS. The van der Waals surface area contributed by atoms with Crippen LogP contribution in [0.3, 0.4) is 0 Å². The van der Waals surface area contributed by atoms with Crippen molar-refractivity contribution in [2.75, 3.05) is 57.9 Å². The third kappa shape index (κ3) is 4.72. The van der Waals surface area contributed by atoms with E-state index in [-0.39, 0.29) is 6.03 Å². The number of nitrogens with one attached hydrogen (secondary N) is 1. The second-order valence-electron chi connectivity index (χ2n) is 7.53. The van der Waals surface area contributed by atoms with E-state index in [1.54, 1.807) is 11.8 Å². The average Bonchev–Trinajstić information content (AvgIpc) is 2.68. The Hall–Kier alpha value is -1.24. The van der Waals surface area contributed by atoms with Gasteiger partial charge in [-0.15, -0.1) is 11.8 Å². The fourth-order valence-electron chi connectivity index (χ4n) is 4.05. The minimum Gasteiger partial charge on any atom is -0.325 e. The zero-order chi connectivity index (χ0) is 18.5. The fraction of sp³-hybridized carbons (Fsp3) is 0.650. The Morgan fingerprint density at radius 2 is 1.77 bits per heavy atom. The highest BCUT2D eigenvalue weighted by Crippen LogP contribution is 2.27. The summed E-state index contributed by atoms with van der Waals surface area (Å²) in [6.45, 7) is 8.76. The number of benzene rings is 1. The number of likely N-dealkylation sites (tertiary alicyclic amines) is 1. The molecule has 1 aromatic rings. The minimum absolute atomic E-state index is 0.0391. The van der Waals surface area contributed by atoms with Crippen molar-refractivity contribution in [3.05, 3.63) is 24.3 Å². The maximum Gasteiger partial charge on any atom is 0.321 e. The van der Waals surface area contributed by atoms with Gasteiger partial charge in [0.05, 0.1) is 5.69 Å². The standard InChI is InChI=1S/C20H32N4OS/c1-16(23-14-12-22(2)13-15-23)17-8-10-24(11-9-17)20(25)21-18-6-4-5-7-19(18)26-3/h4-7,16-17H,8-15H2,1-3H3,(H,21,25)/t16-/m1/s1. The molecule has 0 unspecified atom stereocenters. The van der Waals surface area contributed by atoms with E-state index in [2.05, 4.69) is 29.1 Å². The van der Waals surface area contributed by atoms with Crippen molar-refractivity contribution in [3.63, 3.8) is 0 Å². The molecule has 0 aliphatic carbocycles. The molecule has 2 aliphatic heterocycles. The summed E-state index contributed by atoms with van der Waals surface area (Å²) in [6, 6.07) is 8.66. The van der Waals surface area contributed by atoms with Crippen LogP contribution in [-0.2, 0) is 0 Å². The fourth-order valence-corrected chi connectivity index (χ4v) is 4.61. The summed E-state index contributed by atoms with van der Waals surface area (Å²) in [7, 11) is 2.20. The Bertz CT molecular complexity index is 595. The molecule has 0 bridgehead atoms. The highest BCUT2D eigenvalue weighted by molar-refractivity contribution is 7.98. The number of likely N-dealkylation sites (N-methyl/N-ethyl adjacent to an activating group) is 1. The molecular weight excluding hydrogens is 344 g/mol. The molecule has 1 atom stereocenters. The number of nitrogens with zero attached hydrogens (tertiary/aromatic N) is 3. The molecule has 2 fully saturated rings. The lowest BCUT2D eigenvalue weighted by Crippen LogP contribution is -2.52. The predicted octanol–water partition coefficient (Wildman–Crippen LogP) is 3.29. The topological polar surface area (TPSA) is 38.8 Å². The number of carbonyl (C=O) groups is 1. The number of hydrogen-bond donors (Lipinski definition) is 1. The normalized spacial score (nSPS) is 21.6. The Morgan fingerprint density at radius 3 is 2.42 bits per heavy atom. The maximum absolute atomic E-state index is 12.6. The van der Waals surface area contributed by atoms with Gasteiger partial charge in [-0.2, -0.15) is 0 Å². The van der Waals surface area contributed by atoms with E-state index >= 15 is 0 Å². The number of carbonyl (C=O) groups excluding carboxylic acids is 1. The first-order valence-corrected chi connectivity index (χ1v) is 10.9. The smallest absolute Gasteiger partial charge is 0.321 e. The molecule has 144 valence electrons. The zero-order valence-electron chi connectivity index (χ0n) is 16.3. The molecule has 2 amide bonds. The van der Waals surface area contributed by atoms with Crippen molar-refractivity contribution in [2.24, 2.45) is 5.92 Å². The molecule has 0 radical (unpaired) electrons. The van der Waals surface area contributed by atoms with Gasteiger partial charge in [0, 0.05) is 50.2 Å². The molecule has 2 aliphatic rings. The molecule has 3 rings (SSSR count). The van der Waals surface area contributed by atoms with E-state index in [9.17, 15) is 4.79 Å². The first-order valence-electron chi connectivity index (χ1n) is 9.70. The third-order valence-electron chi connectivity index (χ3n) is 5.97. The molecule has 0 aromatic heterocycles. The van der Waals surface area contributed by atoms with Gasteiger partial charge in [-0.3, -0.25) is 4.90 Å². The van der Waals surface area contributed by atoms with Crippen LogP contribution in [0.15, 0.2) is 29.2 Å². The van der Waals surface area contributed by atoms with Crippen molar-refractivity contribution in [2.45, 2.75) is 30.7 Å². The Balaban J connectivity index is 1.49. The summed E-state index contributed by atoms with van der Waals surface area (Å²) >= 11 is 1.66. The Morgan fingerprint density at radius 1 is 1.12 bits per heavy atom. The molecule has 0 spiro atoms. The first kappa shape index (κ1) is 19.5. The highest BCUT2D eigenvalue weighted by atomic mass is 32.2. The van der Waals surface area contributed by atoms with Crippen LogP contribution in [0.1, 0.15) is 19.8 Å². The summed E-state index contributed by atoms with van der Waals surface area (Å²) in [5.74, 6) is 0.695. The van der Waals surface area contributed by atoms with Gasteiger partial charge in [0.15, 0.2) is 0 Å². The van der Waals surface area contributed by atoms with Crippen LogP contribution in [0.25, 0.3) is 0 Å². The van der Waals surface area contributed by atoms with E-state index in [0.29, 0.717) is 12.0 Å². The number of piperidine rings is 1. The van der Waals surface area contributed by atoms with Crippen LogP contribution >= 0.6 is 11.8 Å². The second kappa shape index (κ2) is 9.11. The van der Waals surface area contributed by atoms with E-state index in [4.69, 9.17) is 0 Å². The van der Waals surface area contributed by atoms with E-state index in [1.165, 1.54) is 26.2 Å². The van der Waals surface area contributed by atoms with Gasteiger partial charge in [-0.05, 0) is 51.1 Å². The molecule has 1 N–H and O–H groups in total. The van der Waals surface area contributed by atoms with E-state index in [1.807, 2.05) is 35.4 Å². The third-order valence-corrected chi connectivity index (χ3v) is 6.77. The summed E-state index contributed by atoms with van der Waals surface area (Å²) in [6.07, 6.45) is 4.24. The van der Waals surface area contributed by atoms with Crippen LogP contribution < -0.4 is 5.32 Å². The molecule has 2 saturated heterocycles. The van der Waals surface area contributed by atoms with Crippen molar-refractivity contribution >= 4 is 23.5 Å². The SMILES string of the molecule is CSc1ccccc1NC(=O)N1CCC([C@@H](C)N2CCN(C)CC2)CC1. The molecule has 1 aromatic carbocycles.